The van der Waals surface area contributed by atoms with E-state index in [-0.39, 0.29) is 17.9 Å². The minimum absolute atomic E-state index is 0.00259. The van der Waals surface area contributed by atoms with Crippen molar-refractivity contribution in [1.82, 2.24) is 14.7 Å². The summed E-state index contributed by atoms with van der Waals surface area (Å²) >= 11 is 1.44. The number of methoxy groups -OCH3 is 1. The van der Waals surface area contributed by atoms with Crippen molar-refractivity contribution < 1.29 is 9.53 Å². The molecule has 0 aliphatic rings. The summed E-state index contributed by atoms with van der Waals surface area (Å²) in [5.41, 5.74) is 2.10. The molecule has 3 aromatic rings. The summed E-state index contributed by atoms with van der Waals surface area (Å²) in [6.07, 6.45) is 3.77. The Morgan fingerprint density at radius 1 is 1.23 bits per heavy atom. The molecule has 3 rings (SSSR count). The van der Waals surface area contributed by atoms with E-state index in [2.05, 4.69) is 24.1 Å². The van der Waals surface area contributed by atoms with Gasteiger partial charge in [-0.1, -0.05) is 43.8 Å². The fourth-order valence-electron chi connectivity index (χ4n) is 2.82. The third-order valence-corrected chi connectivity index (χ3v) is 5.16. The number of thioether (sulfide) groups is 1. The van der Waals surface area contributed by atoms with Gasteiger partial charge in [0.15, 0.2) is 5.16 Å². The van der Waals surface area contributed by atoms with Crippen LogP contribution in [0.25, 0.3) is 5.52 Å². The zero-order valence-corrected chi connectivity index (χ0v) is 16.0. The maximum atomic E-state index is 12.5. The average molecular weight is 369 g/mol. The zero-order valence-electron chi connectivity index (χ0n) is 15.2. The lowest BCUT2D eigenvalue weighted by molar-refractivity contribution is -0.119. The van der Waals surface area contributed by atoms with E-state index in [1.807, 2.05) is 59.3 Å². The number of hydrogen-bond acceptors (Lipinski definition) is 4. The van der Waals surface area contributed by atoms with Gasteiger partial charge >= 0.3 is 0 Å². The van der Waals surface area contributed by atoms with E-state index in [4.69, 9.17) is 4.74 Å². The Morgan fingerprint density at radius 3 is 2.69 bits per heavy atom. The molecule has 6 heteroatoms. The van der Waals surface area contributed by atoms with Gasteiger partial charge in [0.1, 0.15) is 5.75 Å². The lowest BCUT2D eigenvalue weighted by Crippen LogP contribution is -2.33. The van der Waals surface area contributed by atoms with Crippen molar-refractivity contribution in [3.63, 3.8) is 0 Å². The van der Waals surface area contributed by atoms with E-state index in [0.717, 1.165) is 22.0 Å². The van der Waals surface area contributed by atoms with Crippen LogP contribution in [-0.2, 0) is 4.79 Å². The molecule has 1 atom stereocenters. The molecule has 5 nitrogen and oxygen atoms in total. The third-order valence-electron chi connectivity index (χ3n) is 4.20. The van der Waals surface area contributed by atoms with Gasteiger partial charge in [-0.2, -0.15) is 0 Å². The second-order valence-corrected chi connectivity index (χ2v) is 7.33. The number of rotatable bonds is 7. The molecule has 0 saturated heterocycles. The van der Waals surface area contributed by atoms with Gasteiger partial charge in [-0.05, 0) is 35.7 Å². The van der Waals surface area contributed by atoms with Gasteiger partial charge in [0.25, 0.3) is 0 Å². The lowest BCUT2D eigenvalue weighted by Gasteiger charge is -2.23. The van der Waals surface area contributed by atoms with Crippen LogP contribution >= 0.6 is 11.8 Å². The normalized spacial score (nSPS) is 12.3. The number of nitrogens with zero attached hydrogens (tertiary/aromatic N) is 2. The molecule has 0 aliphatic heterocycles. The number of benzene rings is 1. The maximum absolute atomic E-state index is 12.5. The predicted molar refractivity (Wildman–Crippen MR) is 105 cm³/mol. The van der Waals surface area contributed by atoms with Crippen molar-refractivity contribution in [2.24, 2.45) is 5.92 Å². The lowest BCUT2D eigenvalue weighted by atomic mass is 9.96. The summed E-state index contributed by atoms with van der Waals surface area (Å²) in [4.78, 5) is 16.9. The van der Waals surface area contributed by atoms with Crippen LogP contribution in [0.3, 0.4) is 0 Å². The van der Waals surface area contributed by atoms with Crippen molar-refractivity contribution in [3.8, 4) is 5.75 Å². The Morgan fingerprint density at radius 2 is 2.00 bits per heavy atom. The fourth-order valence-corrected chi connectivity index (χ4v) is 3.59. The van der Waals surface area contributed by atoms with Gasteiger partial charge in [-0.3, -0.25) is 9.20 Å². The van der Waals surface area contributed by atoms with Crippen LogP contribution in [0.1, 0.15) is 25.5 Å². The monoisotopic (exact) mass is 369 g/mol. The number of nitrogens with one attached hydrogen (secondary N) is 1. The molecule has 0 bridgehead atoms. The molecule has 2 aromatic heterocycles. The first-order chi connectivity index (χ1) is 12.6. The van der Waals surface area contributed by atoms with Gasteiger partial charge in [-0.25, -0.2) is 4.98 Å². The van der Waals surface area contributed by atoms with Gasteiger partial charge in [0.05, 0.1) is 30.6 Å². The quantitative estimate of drug-likeness (QED) is 0.641. The highest BCUT2D eigenvalue weighted by Crippen LogP contribution is 2.24. The molecule has 0 fully saturated rings. The number of aromatic nitrogens is 2. The van der Waals surface area contributed by atoms with Gasteiger partial charge in [-0.15, -0.1) is 0 Å². The fraction of sp³-hybridized carbons (Fsp3) is 0.300. The minimum Gasteiger partial charge on any atom is -0.497 e. The first-order valence-corrected chi connectivity index (χ1v) is 9.55. The second-order valence-electron chi connectivity index (χ2n) is 6.39. The molecule has 1 amide bonds. The molecule has 26 heavy (non-hydrogen) atoms. The Balaban J connectivity index is 1.64. The Hall–Kier alpha value is -2.47. The van der Waals surface area contributed by atoms with Gasteiger partial charge < -0.3 is 10.1 Å². The highest BCUT2D eigenvalue weighted by molar-refractivity contribution is 7.99. The SMILES string of the molecule is COc1ccc(C(NC(=O)CSc2ncc3ccccn23)C(C)C)cc1. The molecule has 0 saturated carbocycles. The highest BCUT2D eigenvalue weighted by atomic mass is 32.2. The topological polar surface area (TPSA) is 55.6 Å². The average Bonchev–Trinajstić information content (AvgIpc) is 3.07. The molecule has 0 radical (unpaired) electrons. The minimum atomic E-state index is -0.0361. The van der Waals surface area contributed by atoms with Gasteiger partial charge in [0, 0.05) is 6.20 Å². The van der Waals surface area contributed by atoms with Crippen LogP contribution in [0.5, 0.6) is 5.75 Å². The van der Waals surface area contributed by atoms with E-state index in [0.29, 0.717) is 5.75 Å². The summed E-state index contributed by atoms with van der Waals surface area (Å²) < 4.78 is 7.19. The van der Waals surface area contributed by atoms with Crippen molar-refractivity contribution in [3.05, 3.63) is 60.4 Å². The first-order valence-electron chi connectivity index (χ1n) is 8.56. The third kappa shape index (κ3) is 4.19. The molecule has 0 aliphatic carbocycles. The number of imidazole rings is 1. The summed E-state index contributed by atoms with van der Waals surface area (Å²) in [6.45, 7) is 4.20. The molecular formula is C20H23N3O2S. The Bertz CT molecular complexity index is 874. The molecule has 0 spiro atoms. The largest absolute Gasteiger partial charge is 0.497 e. The van der Waals surface area contributed by atoms with Crippen LogP contribution in [0.15, 0.2) is 60.0 Å². The van der Waals surface area contributed by atoms with Crippen molar-refractivity contribution in [2.75, 3.05) is 12.9 Å². The van der Waals surface area contributed by atoms with Crippen LogP contribution in [0, 0.1) is 5.92 Å². The molecule has 1 unspecified atom stereocenters. The van der Waals surface area contributed by atoms with Crippen LogP contribution in [0.4, 0.5) is 0 Å². The summed E-state index contributed by atoms with van der Waals surface area (Å²) in [7, 11) is 1.65. The Labute approximate surface area is 157 Å². The second kappa shape index (κ2) is 8.27. The standard InChI is InChI=1S/C20H23N3O2S/c1-14(2)19(15-7-9-17(25-3)10-8-15)22-18(24)13-26-20-21-12-16-6-4-5-11-23(16)20/h4-12,14,19H,13H2,1-3H3,(H,22,24). The molecular weight excluding hydrogens is 346 g/mol. The number of carbonyl (C=O) groups is 1. The summed E-state index contributed by atoms with van der Waals surface area (Å²) in [5, 5.41) is 3.96. The number of ether oxygens (including phenoxy) is 1. The Kier molecular flexibility index (Phi) is 5.83. The zero-order chi connectivity index (χ0) is 18.5. The van der Waals surface area contributed by atoms with E-state index in [1.54, 1.807) is 7.11 Å². The van der Waals surface area contributed by atoms with Gasteiger partial charge in [0.2, 0.25) is 5.91 Å². The molecule has 2 heterocycles. The predicted octanol–water partition coefficient (Wildman–Crippen LogP) is 3.95. The van der Waals surface area contributed by atoms with E-state index >= 15 is 0 Å². The van der Waals surface area contributed by atoms with E-state index < -0.39 is 0 Å². The van der Waals surface area contributed by atoms with Crippen LogP contribution in [-0.4, -0.2) is 28.2 Å². The van der Waals surface area contributed by atoms with Crippen LogP contribution in [0.2, 0.25) is 0 Å². The molecule has 1 N–H and O–H groups in total. The maximum Gasteiger partial charge on any atom is 0.230 e. The van der Waals surface area contributed by atoms with E-state index in [1.165, 1.54) is 11.8 Å². The number of hydrogen-bond donors (Lipinski definition) is 1. The number of pyridine rings is 1. The summed E-state index contributed by atoms with van der Waals surface area (Å²) in [6, 6.07) is 13.7. The highest BCUT2D eigenvalue weighted by Gasteiger charge is 2.19. The first kappa shape index (κ1) is 18.3. The number of fused-ring (bicyclic) bond motifs is 1. The number of carbonyl (C=O) groups excluding carboxylic acids is 1. The molecule has 1 aromatic carbocycles. The molecule has 136 valence electrons. The van der Waals surface area contributed by atoms with E-state index in [9.17, 15) is 4.79 Å². The number of amides is 1. The summed E-state index contributed by atoms with van der Waals surface area (Å²) in [5.74, 6) is 1.42. The van der Waals surface area contributed by atoms with Crippen molar-refractivity contribution in [2.45, 2.75) is 25.0 Å². The van der Waals surface area contributed by atoms with Crippen LogP contribution < -0.4 is 10.1 Å². The van der Waals surface area contributed by atoms with Crippen molar-refractivity contribution in [1.29, 1.82) is 0 Å². The van der Waals surface area contributed by atoms with Crippen molar-refractivity contribution >= 4 is 23.2 Å². The smallest absolute Gasteiger partial charge is 0.230 e.